The predicted molar refractivity (Wildman–Crippen MR) is 74.4 cm³/mol. The Morgan fingerprint density at radius 2 is 2.12 bits per heavy atom. The van der Waals surface area contributed by atoms with Gasteiger partial charge in [0.15, 0.2) is 0 Å². The molecular formula is C13H21BrN2O. The SMILES string of the molecule is CCCC(C)NC(=O)c1cc(Br)cn1C(C)C. The van der Waals surface area contributed by atoms with E-state index < -0.39 is 0 Å². The second kappa shape index (κ2) is 6.24. The van der Waals surface area contributed by atoms with Crippen LogP contribution in [0.2, 0.25) is 0 Å². The molecule has 0 bridgehead atoms. The molecule has 1 heterocycles. The Kier molecular flexibility index (Phi) is 5.25. The first-order valence-electron chi connectivity index (χ1n) is 6.14. The molecule has 0 spiro atoms. The third-order valence-electron chi connectivity index (χ3n) is 2.70. The number of hydrogen-bond donors (Lipinski definition) is 1. The molecule has 0 saturated carbocycles. The molecule has 17 heavy (non-hydrogen) atoms. The second-order valence-electron chi connectivity index (χ2n) is 4.71. The van der Waals surface area contributed by atoms with Gasteiger partial charge in [-0.2, -0.15) is 0 Å². The summed E-state index contributed by atoms with van der Waals surface area (Å²) in [6.45, 7) is 8.30. The van der Waals surface area contributed by atoms with E-state index >= 15 is 0 Å². The van der Waals surface area contributed by atoms with Gasteiger partial charge in [0.2, 0.25) is 0 Å². The molecule has 0 fully saturated rings. The standard InChI is InChI=1S/C13H21BrN2O/c1-5-6-10(4)15-13(17)12-7-11(14)8-16(12)9(2)3/h7-10H,5-6H2,1-4H3,(H,15,17). The van der Waals surface area contributed by atoms with Crippen LogP contribution in [-0.2, 0) is 0 Å². The van der Waals surface area contributed by atoms with Crippen molar-refractivity contribution in [1.29, 1.82) is 0 Å². The second-order valence-corrected chi connectivity index (χ2v) is 5.62. The maximum absolute atomic E-state index is 12.1. The van der Waals surface area contributed by atoms with Crippen LogP contribution in [0.25, 0.3) is 0 Å². The number of halogens is 1. The Balaban J connectivity index is 2.81. The van der Waals surface area contributed by atoms with Gasteiger partial charge in [-0.25, -0.2) is 0 Å². The summed E-state index contributed by atoms with van der Waals surface area (Å²) < 4.78 is 2.93. The Morgan fingerprint density at radius 3 is 2.65 bits per heavy atom. The molecule has 0 aromatic carbocycles. The largest absolute Gasteiger partial charge is 0.348 e. The Hall–Kier alpha value is -0.770. The predicted octanol–water partition coefficient (Wildman–Crippen LogP) is 3.75. The Bertz CT molecular complexity index is 385. The minimum Gasteiger partial charge on any atom is -0.348 e. The first-order chi connectivity index (χ1) is 7.95. The minimum absolute atomic E-state index is 0.00495. The lowest BCUT2D eigenvalue weighted by Gasteiger charge is -2.16. The molecule has 1 aromatic rings. The molecule has 0 radical (unpaired) electrons. The zero-order valence-corrected chi connectivity index (χ0v) is 12.5. The van der Waals surface area contributed by atoms with Gasteiger partial charge in [0, 0.05) is 22.8 Å². The van der Waals surface area contributed by atoms with E-state index in [4.69, 9.17) is 0 Å². The van der Waals surface area contributed by atoms with E-state index in [1.165, 1.54) is 0 Å². The van der Waals surface area contributed by atoms with E-state index in [1.54, 1.807) is 0 Å². The van der Waals surface area contributed by atoms with Crippen molar-refractivity contribution in [3.8, 4) is 0 Å². The third-order valence-corrected chi connectivity index (χ3v) is 3.14. The molecule has 0 aliphatic heterocycles. The van der Waals surface area contributed by atoms with Gasteiger partial charge < -0.3 is 9.88 Å². The fourth-order valence-electron chi connectivity index (χ4n) is 1.86. The molecule has 96 valence electrons. The molecule has 1 unspecified atom stereocenters. The summed E-state index contributed by atoms with van der Waals surface area (Å²) in [5.41, 5.74) is 0.717. The van der Waals surface area contributed by atoms with Crippen LogP contribution in [0.15, 0.2) is 16.7 Å². The quantitative estimate of drug-likeness (QED) is 0.883. The van der Waals surface area contributed by atoms with E-state index in [2.05, 4.69) is 42.0 Å². The molecule has 0 saturated heterocycles. The molecule has 1 N–H and O–H groups in total. The van der Waals surface area contributed by atoms with Crippen molar-refractivity contribution in [1.82, 2.24) is 9.88 Å². The van der Waals surface area contributed by atoms with E-state index in [0.717, 1.165) is 23.0 Å². The van der Waals surface area contributed by atoms with Gasteiger partial charge in [0.1, 0.15) is 5.69 Å². The highest BCUT2D eigenvalue weighted by Crippen LogP contribution is 2.19. The van der Waals surface area contributed by atoms with E-state index in [-0.39, 0.29) is 18.0 Å². The molecule has 3 nitrogen and oxygen atoms in total. The first kappa shape index (κ1) is 14.3. The van der Waals surface area contributed by atoms with Crippen molar-refractivity contribution >= 4 is 21.8 Å². The van der Waals surface area contributed by atoms with E-state index in [0.29, 0.717) is 0 Å². The molecule has 1 amide bonds. The monoisotopic (exact) mass is 300 g/mol. The average molecular weight is 301 g/mol. The lowest BCUT2D eigenvalue weighted by atomic mass is 10.2. The number of carbonyl (C=O) groups excluding carboxylic acids is 1. The van der Waals surface area contributed by atoms with Crippen molar-refractivity contribution in [2.45, 2.75) is 52.6 Å². The fourth-order valence-corrected chi connectivity index (χ4v) is 2.30. The Morgan fingerprint density at radius 1 is 1.47 bits per heavy atom. The summed E-state index contributed by atoms with van der Waals surface area (Å²) in [7, 11) is 0. The first-order valence-corrected chi connectivity index (χ1v) is 6.93. The smallest absolute Gasteiger partial charge is 0.268 e. The van der Waals surface area contributed by atoms with Crippen LogP contribution in [0.4, 0.5) is 0 Å². The molecule has 0 aliphatic carbocycles. The van der Waals surface area contributed by atoms with Crippen LogP contribution in [0.5, 0.6) is 0 Å². The normalized spacial score (nSPS) is 12.8. The number of nitrogens with one attached hydrogen (secondary N) is 1. The summed E-state index contributed by atoms with van der Waals surface area (Å²) in [6.07, 6.45) is 4.04. The van der Waals surface area contributed by atoms with Crippen LogP contribution >= 0.6 is 15.9 Å². The number of aromatic nitrogens is 1. The summed E-state index contributed by atoms with van der Waals surface area (Å²) >= 11 is 3.42. The summed E-state index contributed by atoms with van der Waals surface area (Å²) in [5, 5.41) is 3.03. The highest BCUT2D eigenvalue weighted by molar-refractivity contribution is 9.10. The van der Waals surface area contributed by atoms with Crippen molar-refractivity contribution in [2.24, 2.45) is 0 Å². The van der Waals surface area contributed by atoms with Gasteiger partial charge >= 0.3 is 0 Å². The van der Waals surface area contributed by atoms with E-state index in [1.807, 2.05) is 23.8 Å². The number of nitrogens with zero attached hydrogens (tertiary/aromatic N) is 1. The minimum atomic E-state index is 0.00495. The topological polar surface area (TPSA) is 34.0 Å². The number of hydrogen-bond acceptors (Lipinski definition) is 1. The van der Waals surface area contributed by atoms with Gasteiger partial charge in [-0.1, -0.05) is 13.3 Å². The highest BCUT2D eigenvalue weighted by atomic mass is 79.9. The van der Waals surface area contributed by atoms with Crippen molar-refractivity contribution in [3.63, 3.8) is 0 Å². The van der Waals surface area contributed by atoms with Crippen LogP contribution in [0.1, 0.15) is 57.1 Å². The summed E-state index contributed by atoms with van der Waals surface area (Å²) in [4.78, 5) is 12.1. The van der Waals surface area contributed by atoms with Crippen LogP contribution < -0.4 is 5.32 Å². The van der Waals surface area contributed by atoms with Gasteiger partial charge in [-0.3, -0.25) is 4.79 Å². The summed E-state index contributed by atoms with van der Waals surface area (Å²) in [5.74, 6) is 0.00495. The maximum Gasteiger partial charge on any atom is 0.268 e. The molecular weight excluding hydrogens is 280 g/mol. The lowest BCUT2D eigenvalue weighted by Crippen LogP contribution is -2.33. The third kappa shape index (κ3) is 3.87. The van der Waals surface area contributed by atoms with Crippen LogP contribution in [0, 0.1) is 0 Å². The van der Waals surface area contributed by atoms with Gasteiger partial charge in [0.25, 0.3) is 5.91 Å². The molecule has 1 rings (SSSR count). The zero-order valence-electron chi connectivity index (χ0n) is 11.0. The zero-order chi connectivity index (χ0) is 13.0. The average Bonchev–Trinajstić information content (AvgIpc) is 2.60. The van der Waals surface area contributed by atoms with E-state index in [9.17, 15) is 4.79 Å². The Labute approximate surface area is 112 Å². The van der Waals surface area contributed by atoms with Gasteiger partial charge in [-0.15, -0.1) is 0 Å². The molecule has 0 aliphatic rings. The number of amides is 1. The van der Waals surface area contributed by atoms with Crippen LogP contribution in [-0.4, -0.2) is 16.5 Å². The summed E-state index contributed by atoms with van der Waals surface area (Å²) in [6, 6.07) is 2.37. The molecule has 1 aromatic heterocycles. The molecule has 4 heteroatoms. The van der Waals surface area contributed by atoms with Crippen LogP contribution in [0.3, 0.4) is 0 Å². The molecule has 1 atom stereocenters. The highest BCUT2D eigenvalue weighted by Gasteiger charge is 2.16. The van der Waals surface area contributed by atoms with Gasteiger partial charge in [-0.05, 0) is 49.2 Å². The van der Waals surface area contributed by atoms with Gasteiger partial charge in [0.05, 0.1) is 0 Å². The number of carbonyl (C=O) groups is 1. The fraction of sp³-hybridized carbons (Fsp3) is 0.615. The number of rotatable bonds is 5. The van der Waals surface area contributed by atoms with Crippen molar-refractivity contribution < 1.29 is 4.79 Å². The maximum atomic E-state index is 12.1. The van der Waals surface area contributed by atoms with Crippen molar-refractivity contribution in [2.75, 3.05) is 0 Å². The lowest BCUT2D eigenvalue weighted by molar-refractivity contribution is 0.0927. The van der Waals surface area contributed by atoms with Crippen molar-refractivity contribution in [3.05, 3.63) is 22.4 Å².